The van der Waals surface area contributed by atoms with E-state index in [1.54, 1.807) is 0 Å². The molecule has 1 N–H and O–H groups in total. The summed E-state index contributed by atoms with van der Waals surface area (Å²) in [5.74, 6) is 0.455. The SMILES string of the molecule is Cc1ccc(N2CC[C@@]3(CC(=O)NC3=O)C2)nn1. The number of carbonyl (C=O) groups excluding carboxylic acids is 2. The molecule has 2 fully saturated rings. The molecule has 6 nitrogen and oxygen atoms in total. The molecule has 1 aromatic rings. The first-order valence-electron chi connectivity index (χ1n) is 5.99. The summed E-state index contributed by atoms with van der Waals surface area (Å²) in [7, 11) is 0. The van der Waals surface area contributed by atoms with Crippen LogP contribution in [-0.2, 0) is 9.59 Å². The molecule has 3 rings (SSSR count). The third kappa shape index (κ3) is 1.64. The molecule has 1 atom stereocenters. The molecule has 0 unspecified atom stereocenters. The number of imide groups is 1. The number of hydrogen-bond donors (Lipinski definition) is 1. The van der Waals surface area contributed by atoms with Crippen molar-refractivity contribution in [2.45, 2.75) is 19.8 Å². The van der Waals surface area contributed by atoms with Crippen molar-refractivity contribution in [1.29, 1.82) is 0 Å². The number of nitrogens with one attached hydrogen (secondary N) is 1. The Morgan fingerprint density at radius 3 is 2.78 bits per heavy atom. The maximum Gasteiger partial charge on any atom is 0.235 e. The molecule has 3 heterocycles. The summed E-state index contributed by atoms with van der Waals surface area (Å²) < 4.78 is 0. The van der Waals surface area contributed by atoms with E-state index in [1.165, 1.54) is 0 Å². The second-order valence-electron chi connectivity index (χ2n) is 5.04. The molecule has 1 aromatic heterocycles. The Morgan fingerprint density at radius 2 is 2.17 bits per heavy atom. The summed E-state index contributed by atoms with van der Waals surface area (Å²) in [5, 5.41) is 10.5. The van der Waals surface area contributed by atoms with Gasteiger partial charge in [-0.25, -0.2) is 0 Å². The summed E-state index contributed by atoms with van der Waals surface area (Å²) in [4.78, 5) is 25.2. The lowest BCUT2D eigenvalue weighted by molar-refractivity contribution is -0.127. The predicted octanol–water partition coefficient (Wildman–Crippen LogP) is 0.0280. The van der Waals surface area contributed by atoms with E-state index in [4.69, 9.17) is 0 Å². The summed E-state index contributed by atoms with van der Waals surface area (Å²) in [6.07, 6.45) is 0.988. The van der Waals surface area contributed by atoms with Crippen LogP contribution in [0.25, 0.3) is 0 Å². The lowest BCUT2D eigenvalue weighted by atomic mass is 9.85. The first-order chi connectivity index (χ1) is 8.59. The van der Waals surface area contributed by atoms with Crippen molar-refractivity contribution in [3.63, 3.8) is 0 Å². The maximum atomic E-state index is 11.8. The first kappa shape index (κ1) is 11.1. The second kappa shape index (κ2) is 3.76. The van der Waals surface area contributed by atoms with E-state index in [0.717, 1.165) is 18.1 Å². The van der Waals surface area contributed by atoms with Gasteiger partial charge in [-0.2, -0.15) is 5.10 Å². The van der Waals surface area contributed by atoms with Gasteiger partial charge in [-0.05, 0) is 25.5 Å². The van der Waals surface area contributed by atoms with Gasteiger partial charge in [-0.15, -0.1) is 5.10 Å². The van der Waals surface area contributed by atoms with E-state index in [0.29, 0.717) is 19.4 Å². The topological polar surface area (TPSA) is 75.2 Å². The van der Waals surface area contributed by atoms with Crippen LogP contribution in [0.2, 0.25) is 0 Å². The number of hydrogen-bond acceptors (Lipinski definition) is 5. The van der Waals surface area contributed by atoms with Crippen molar-refractivity contribution in [3.05, 3.63) is 17.8 Å². The molecule has 0 aromatic carbocycles. The molecular weight excluding hydrogens is 232 g/mol. The molecule has 0 saturated carbocycles. The van der Waals surface area contributed by atoms with E-state index in [9.17, 15) is 9.59 Å². The standard InChI is InChI=1S/C12H14N4O2/c1-8-2-3-9(15-14-8)16-5-4-12(7-16)6-10(17)13-11(12)18/h2-3H,4-7H2,1H3,(H,13,17,18)/t12-/m1/s1. The van der Waals surface area contributed by atoms with Crippen molar-refractivity contribution < 1.29 is 9.59 Å². The number of nitrogens with zero attached hydrogens (tertiary/aromatic N) is 3. The van der Waals surface area contributed by atoms with E-state index < -0.39 is 5.41 Å². The Morgan fingerprint density at radius 1 is 1.33 bits per heavy atom. The Labute approximate surface area is 104 Å². The zero-order valence-electron chi connectivity index (χ0n) is 10.1. The first-order valence-corrected chi connectivity index (χ1v) is 5.99. The lowest BCUT2D eigenvalue weighted by Crippen LogP contribution is -2.34. The molecule has 0 radical (unpaired) electrons. The average molecular weight is 246 g/mol. The molecule has 1 spiro atoms. The highest BCUT2D eigenvalue weighted by molar-refractivity contribution is 6.06. The second-order valence-corrected chi connectivity index (χ2v) is 5.04. The number of anilines is 1. The summed E-state index contributed by atoms with van der Waals surface area (Å²) in [6.45, 7) is 3.16. The zero-order chi connectivity index (χ0) is 12.8. The quantitative estimate of drug-likeness (QED) is 0.707. The Kier molecular flexibility index (Phi) is 2.33. The third-order valence-corrected chi connectivity index (χ3v) is 3.70. The van der Waals surface area contributed by atoms with Crippen molar-refractivity contribution in [3.8, 4) is 0 Å². The van der Waals surface area contributed by atoms with Crippen LogP contribution in [0.3, 0.4) is 0 Å². The van der Waals surface area contributed by atoms with Crippen molar-refractivity contribution in [1.82, 2.24) is 15.5 Å². The van der Waals surface area contributed by atoms with E-state index in [2.05, 4.69) is 15.5 Å². The fraction of sp³-hybridized carbons (Fsp3) is 0.500. The molecule has 6 heteroatoms. The molecule has 0 aliphatic carbocycles. The highest BCUT2D eigenvalue weighted by atomic mass is 16.2. The van der Waals surface area contributed by atoms with Crippen LogP contribution in [0.4, 0.5) is 5.82 Å². The van der Waals surface area contributed by atoms with Gasteiger partial charge >= 0.3 is 0 Å². The Hall–Kier alpha value is -1.98. The average Bonchev–Trinajstić information content (AvgIpc) is 2.86. The van der Waals surface area contributed by atoms with Crippen LogP contribution < -0.4 is 10.2 Å². The number of aromatic nitrogens is 2. The van der Waals surface area contributed by atoms with Crippen molar-refractivity contribution in [2.24, 2.45) is 5.41 Å². The van der Waals surface area contributed by atoms with E-state index in [-0.39, 0.29) is 11.8 Å². The number of amides is 2. The van der Waals surface area contributed by atoms with Gasteiger partial charge in [0.1, 0.15) is 0 Å². The van der Waals surface area contributed by atoms with Gasteiger partial charge < -0.3 is 4.90 Å². The van der Waals surface area contributed by atoms with Crippen LogP contribution in [0, 0.1) is 12.3 Å². The van der Waals surface area contributed by atoms with Gasteiger partial charge in [0.15, 0.2) is 5.82 Å². The lowest BCUT2D eigenvalue weighted by Gasteiger charge is -2.20. The molecule has 0 bridgehead atoms. The molecule has 2 saturated heterocycles. The minimum absolute atomic E-state index is 0.143. The molecule has 2 aliphatic rings. The Bertz CT molecular complexity index is 513. The van der Waals surface area contributed by atoms with E-state index >= 15 is 0 Å². The van der Waals surface area contributed by atoms with Gasteiger partial charge in [-0.3, -0.25) is 14.9 Å². The largest absolute Gasteiger partial charge is 0.354 e. The number of rotatable bonds is 1. The number of carbonyl (C=O) groups is 2. The highest BCUT2D eigenvalue weighted by Crippen LogP contribution is 2.38. The normalized spacial score (nSPS) is 27.1. The van der Waals surface area contributed by atoms with Gasteiger partial charge in [0, 0.05) is 19.5 Å². The minimum Gasteiger partial charge on any atom is -0.354 e. The van der Waals surface area contributed by atoms with Gasteiger partial charge in [-0.1, -0.05) is 0 Å². The maximum absolute atomic E-state index is 11.8. The molecule has 94 valence electrons. The fourth-order valence-electron chi connectivity index (χ4n) is 2.65. The van der Waals surface area contributed by atoms with Crippen LogP contribution in [0.5, 0.6) is 0 Å². The van der Waals surface area contributed by atoms with Crippen LogP contribution in [0.15, 0.2) is 12.1 Å². The zero-order valence-corrected chi connectivity index (χ0v) is 10.1. The van der Waals surface area contributed by atoms with Crippen LogP contribution in [-0.4, -0.2) is 35.1 Å². The van der Waals surface area contributed by atoms with Crippen LogP contribution in [0.1, 0.15) is 18.5 Å². The van der Waals surface area contributed by atoms with Crippen molar-refractivity contribution >= 4 is 17.6 Å². The molecule has 2 aliphatic heterocycles. The van der Waals surface area contributed by atoms with Gasteiger partial charge in [0.25, 0.3) is 0 Å². The predicted molar refractivity (Wildman–Crippen MR) is 63.8 cm³/mol. The van der Waals surface area contributed by atoms with Gasteiger partial charge in [0.05, 0.1) is 11.1 Å². The summed E-state index contributed by atoms with van der Waals surface area (Å²) >= 11 is 0. The summed E-state index contributed by atoms with van der Waals surface area (Å²) in [5.41, 5.74) is 0.311. The smallest absolute Gasteiger partial charge is 0.235 e. The van der Waals surface area contributed by atoms with Crippen LogP contribution >= 0.6 is 0 Å². The number of aryl methyl sites for hydroxylation is 1. The third-order valence-electron chi connectivity index (χ3n) is 3.70. The molecule has 2 amide bonds. The highest BCUT2D eigenvalue weighted by Gasteiger charge is 2.51. The Balaban J connectivity index is 1.81. The van der Waals surface area contributed by atoms with Crippen molar-refractivity contribution in [2.75, 3.05) is 18.0 Å². The van der Waals surface area contributed by atoms with E-state index in [1.807, 2.05) is 24.0 Å². The molecular formula is C12H14N4O2. The fourth-order valence-corrected chi connectivity index (χ4v) is 2.65. The minimum atomic E-state index is -0.552. The summed E-state index contributed by atoms with van der Waals surface area (Å²) in [6, 6.07) is 3.79. The molecule has 18 heavy (non-hydrogen) atoms. The van der Waals surface area contributed by atoms with Gasteiger partial charge in [0.2, 0.25) is 11.8 Å². The monoisotopic (exact) mass is 246 g/mol.